The summed E-state index contributed by atoms with van der Waals surface area (Å²) >= 11 is 11.9. The number of nitrogens with zero attached hydrogens (tertiary/aromatic N) is 1. The molecule has 0 bridgehead atoms. The van der Waals surface area contributed by atoms with Gasteiger partial charge in [0.1, 0.15) is 0 Å². The molecule has 0 aromatic heterocycles. The molecule has 0 radical (unpaired) electrons. The number of benzene rings is 1. The van der Waals surface area contributed by atoms with E-state index in [-0.39, 0.29) is 15.7 Å². The molecule has 8 heteroatoms. The molecule has 18 heavy (non-hydrogen) atoms. The van der Waals surface area contributed by atoms with Gasteiger partial charge in [0.15, 0.2) is 0 Å². The maximum Gasteiger partial charge on any atom is 0.301 e. The van der Waals surface area contributed by atoms with E-state index in [2.05, 4.69) is 10.0 Å². The number of piperazine rings is 1. The van der Waals surface area contributed by atoms with Crippen molar-refractivity contribution in [3.05, 3.63) is 28.2 Å². The number of halogens is 2. The van der Waals surface area contributed by atoms with Crippen molar-refractivity contribution < 1.29 is 8.42 Å². The average molecular weight is 310 g/mol. The number of anilines is 1. The second-order valence-corrected chi connectivity index (χ2v) is 6.34. The number of nitrogens with one attached hydrogen (secondary N) is 2. The molecule has 5 nitrogen and oxygen atoms in total. The highest BCUT2D eigenvalue weighted by Gasteiger charge is 2.25. The molecule has 1 saturated heterocycles. The minimum atomic E-state index is -3.61. The summed E-state index contributed by atoms with van der Waals surface area (Å²) in [7, 11) is -3.61. The lowest BCUT2D eigenvalue weighted by Crippen LogP contribution is -2.48. The van der Waals surface area contributed by atoms with Gasteiger partial charge < -0.3 is 5.32 Å². The van der Waals surface area contributed by atoms with Crippen molar-refractivity contribution in [1.29, 1.82) is 0 Å². The fraction of sp³-hybridized carbons (Fsp3) is 0.400. The van der Waals surface area contributed by atoms with E-state index in [0.717, 1.165) is 0 Å². The number of rotatable bonds is 3. The fourth-order valence-electron chi connectivity index (χ4n) is 1.67. The summed E-state index contributed by atoms with van der Waals surface area (Å²) < 4.78 is 28.1. The van der Waals surface area contributed by atoms with Crippen LogP contribution in [0.4, 0.5) is 5.69 Å². The normalized spacial score (nSPS) is 17.7. The third-order valence-electron chi connectivity index (χ3n) is 2.61. The summed E-state index contributed by atoms with van der Waals surface area (Å²) in [6, 6.07) is 4.83. The average Bonchev–Trinajstić information content (AvgIpc) is 2.35. The molecule has 0 spiro atoms. The highest BCUT2D eigenvalue weighted by molar-refractivity contribution is 7.90. The first-order valence-corrected chi connectivity index (χ1v) is 7.63. The lowest BCUT2D eigenvalue weighted by molar-refractivity contribution is 0.362. The van der Waals surface area contributed by atoms with E-state index in [9.17, 15) is 8.42 Å². The quantitative estimate of drug-likeness (QED) is 0.890. The molecule has 1 aromatic carbocycles. The van der Waals surface area contributed by atoms with Gasteiger partial charge in [-0.25, -0.2) is 0 Å². The van der Waals surface area contributed by atoms with Crippen molar-refractivity contribution in [3.8, 4) is 0 Å². The molecule has 1 aliphatic rings. The number of para-hydroxylation sites is 1. The topological polar surface area (TPSA) is 61.4 Å². The molecule has 0 aliphatic carbocycles. The smallest absolute Gasteiger partial charge is 0.301 e. The van der Waals surface area contributed by atoms with Crippen molar-refractivity contribution in [2.75, 3.05) is 30.9 Å². The first kappa shape index (κ1) is 13.9. The van der Waals surface area contributed by atoms with Gasteiger partial charge in [-0.2, -0.15) is 12.7 Å². The third-order valence-corrected chi connectivity index (χ3v) is 4.75. The van der Waals surface area contributed by atoms with Gasteiger partial charge in [0.25, 0.3) is 0 Å². The van der Waals surface area contributed by atoms with E-state index in [4.69, 9.17) is 23.2 Å². The maximum absolute atomic E-state index is 12.1. The summed E-state index contributed by atoms with van der Waals surface area (Å²) in [5.74, 6) is 0. The Morgan fingerprint density at radius 3 is 2.28 bits per heavy atom. The molecule has 0 amide bonds. The molecule has 2 rings (SSSR count). The predicted molar refractivity (Wildman–Crippen MR) is 73.4 cm³/mol. The zero-order valence-corrected chi connectivity index (χ0v) is 11.8. The molecule has 100 valence electrons. The molecular formula is C10H13Cl2N3O2S. The van der Waals surface area contributed by atoms with Crippen LogP contribution in [0, 0.1) is 0 Å². The van der Waals surface area contributed by atoms with E-state index < -0.39 is 10.2 Å². The molecular weight excluding hydrogens is 297 g/mol. The Hall–Kier alpha value is -0.530. The van der Waals surface area contributed by atoms with Gasteiger partial charge in [0.05, 0.1) is 15.7 Å². The number of hydrogen-bond donors (Lipinski definition) is 2. The van der Waals surface area contributed by atoms with Crippen molar-refractivity contribution in [1.82, 2.24) is 9.62 Å². The summed E-state index contributed by atoms with van der Waals surface area (Å²) in [6.45, 7) is 2.13. The van der Waals surface area contributed by atoms with Crippen LogP contribution in [-0.2, 0) is 10.2 Å². The van der Waals surface area contributed by atoms with Crippen LogP contribution in [0.5, 0.6) is 0 Å². The lowest BCUT2D eigenvalue weighted by Gasteiger charge is -2.27. The Morgan fingerprint density at radius 1 is 1.17 bits per heavy atom. The minimum absolute atomic E-state index is 0.222. The van der Waals surface area contributed by atoms with E-state index in [1.807, 2.05) is 0 Å². The maximum atomic E-state index is 12.1. The van der Waals surface area contributed by atoms with Gasteiger partial charge in [0.2, 0.25) is 0 Å². The first-order chi connectivity index (χ1) is 8.50. The highest BCUT2D eigenvalue weighted by Crippen LogP contribution is 2.31. The van der Waals surface area contributed by atoms with E-state index in [0.29, 0.717) is 26.2 Å². The van der Waals surface area contributed by atoms with E-state index >= 15 is 0 Å². The minimum Gasteiger partial charge on any atom is -0.314 e. The molecule has 1 fully saturated rings. The van der Waals surface area contributed by atoms with Gasteiger partial charge in [0, 0.05) is 26.2 Å². The standard InChI is InChI=1S/C10H13Cl2N3O2S/c11-8-2-1-3-9(12)10(8)14-18(16,17)15-6-4-13-5-7-15/h1-3,13-14H,4-7H2. The molecule has 1 heterocycles. The first-order valence-electron chi connectivity index (χ1n) is 5.43. The van der Waals surface area contributed by atoms with Crippen LogP contribution in [0.1, 0.15) is 0 Å². The fourth-order valence-corrected chi connectivity index (χ4v) is 3.55. The molecule has 2 N–H and O–H groups in total. The van der Waals surface area contributed by atoms with Crippen LogP contribution in [0.2, 0.25) is 10.0 Å². The number of hydrogen-bond acceptors (Lipinski definition) is 3. The summed E-state index contributed by atoms with van der Waals surface area (Å²) in [5, 5.41) is 3.65. The van der Waals surface area contributed by atoms with Crippen LogP contribution in [-0.4, -0.2) is 38.9 Å². The van der Waals surface area contributed by atoms with Crippen molar-refractivity contribution in [3.63, 3.8) is 0 Å². The zero-order chi connectivity index (χ0) is 13.2. The van der Waals surface area contributed by atoms with Crippen LogP contribution in [0.15, 0.2) is 18.2 Å². The zero-order valence-electron chi connectivity index (χ0n) is 9.49. The van der Waals surface area contributed by atoms with E-state index in [1.54, 1.807) is 18.2 Å². The Morgan fingerprint density at radius 2 is 1.72 bits per heavy atom. The van der Waals surface area contributed by atoms with Crippen molar-refractivity contribution in [2.45, 2.75) is 0 Å². The van der Waals surface area contributed by atoms with Crippen LogP contribution in [0.25, 0.3) is 0 Å². The van der Waals surface area contributed by atoms with Gasteiger partial charge in [-0.15, -0.1) is 0 Å². The van der Waals surface area contributed by atoms with Crippen LogP contribution >= 0.6 is 23.2 Å². The summed E-state index contributed by atoms with van der Waals surface area (Å²) in [6.07, 6.45) is 0. The van der Waals surface area contributed by atoms with Gasteiger partial charge >= 0.3 is 10.2 Å². The summed E-state index contributed by atoms with van der Waals surface area (Å²) in [4.78, 5) is 0. The molecule has 0 unspecified atom stereocenters. The van der Waals surface area contributed by atoms with Crippen molar-refractivity contribution >= 4 is 39.1 Å². The Balaban J connectivity index is 2.22. The van der Waals surface area contributed by atoms with Gasteiger partial charge in [-0.1, -0.05) is 29.3 Å². The molecule has 1 aromatic rings. The Bertz CT molecular complexity index is 510. The van der Waals surface area contributed by atoms with Crippen LogP contribution < -0.4 is 10.0 Å². The monoisotopic (exact) mass is 309 g/mol. The largest absolute Gasteiger partial charge is 0.314 e. The molecule has 1 aliphatic heterocycles. The van der Waals surface area contributed by atoms with E-state index in [1.165, 1.54) is 4.31 Å². The van der Waals surface area contributed by atoms with Gasteiger partial charge in [-0.3, -0.25) is 4.72 Å². The van der Waals surface area contributed by atoms with Crippen LogP contribution in [0.3, 0.4) is 0 Å². The Labute approximate surface area is 116 Å². The van der Waals surface area contributed by atoms with Crippen molar-refractivity contribution in [2.24, 2.45) is 0 Å². The second kappa shape index (κ2) is 5.63. The van der Waals surface area contributed by atoms with Gasteiger partial charge in [-0.05, 0) is 12.1 Å². The molecule has 0 saturated carbocycles. The highest BCUT2D eigenvalue weighted by atomic mass is 35.5. The molecule has 0 atom stereocenters. The Kier molecular flexibility index (Phi) is 4.34. The lowest BCUT2D eigenvalue weighted by atomic mass is 10.3. The predicted octanol–water partition coefficient (Wildman–Crippen LogP) is 1.56. The SMILES string of the molecule is O=S(=O)(Nc1c(Cl)cccc1Cl)N1CCNCC1. The second-order valence-electron chi connectivity index (χ2n) is 3.85. The third kappa shape index (κ3) is 3.07. The summed E-state index contributed by atoms with van der Waals surface area (Å²) in [5.41, 5.74) is 0.222.